The zero-order chi connectivity index (χ0) is 14.5. The Morgan fingerprint density at radius 1 is 1.63 bits per heavy atom. The molecule has 1 rings (SSSR count). The van der Waals surface area contributed by atoms with E-state index < -0.39 is 0 Å². The topological polar surface area (TPSA) is 64.7 Å². The van der Waals surface area contributed by atoms with Crippen LogP contribution in [0.5, 0.6) is 0 Å². The number of nitrogens with zero attached hydrogens (tertiary/aromatic N) is 1. The van der Waals surface area contributed by atoms with Gasteiger partial charge >= 0.3 is 5.97 Å². The maximum atomic E-state index is 11.7. The minimum Gasteiger partial charge on any atom is -0.462 e. The number of hydrogen-bond donors (Lipinski definition) is 1. The lowest BCUT2D eigenvalue weighted by Crippen LogP contribution is -2.35. The Hall–Kier alpha value is -0.970. The molecule has 1 saturated carbocycles. The SMILES string of the molecule is CC(C)[C@]1(C)CCC[C@H](OC(=O)CC=NC(N)=S)C1. The molecule has 2 atom stereocenters. The van der Waals surface area contributed by atoms with Crippen molar-refractivity contribution in [1.82, 2.24) is 0 Å². The van der Waals surface area contributed by atoms with E-state index in [4.69, 9.17) is 10.5 Å². The molecular weight excluding hydrogens is 260 g/mol. The fourth-order valence-corrected chi connectivity index (χ4v) is 2.60. The molecule has 0 aromatic heterocycles. The van der Waals surface area contributed by atoms with E-state index in [0.29, 0.717) is 5.92 Å². The first-order chi connectivity index (χ1) is 8.83. The van der Waals surface area contributed by atoms with Crippen molar-refractivity contribution in [3.05, 3.63) is 0 Å². The van der Waals surface area contributed by atoms with Crippen molar-refractivity contribution in [2.75, 3.05) is 0 Å². The summed E-state index contributed by atoms with van der Waals surface area (Å²) in [5, 5.41) is 0.0397. The second-order valence-electron chi connectivity index (χ2n) is 5.87. The van der Waals surface area contributed by atoms with E-state index in [0.717, 1.165) is 19.3 Å². The predicted molar refractivity (Wildman–Crippen MR) is 81.2 cm³/mol. The summed E-state index contributed by atoms with van der Waals surface area (Å²) in [6, 6.07) is 0. The summed E-state index contributed by atoms with van der Waals surface area (Å²) >= 11 is 4.60. The van der Waals surface area contributed by atoms with Gasteiger partial charge in [-0.15, -0.1) is 0 Å². The Morgan fingerprint density at radius 3 is 2.89 bits per heavy atom. The molecule has 0 aromatic carbocycles. The van der Waals surface area contributed by atoms with Gasteiger partial charge in [0.2, 0.25) is 0 Å². The van der Waals surface area contributed by atoms with Gasteiger partial charge in [-0.25, -0.2) is 4.99 Å². The van der Waals surface area contributed by atoms with Crippen molar-refractivity contribution in [3.63, 3.8) is 0 Å². The van der Waals surface area contributed by atoms with Gasteiger partial charge < -0.3 is 10.5 Å². The summed E-state index contributed by atoms with van der Waals surface area (Å²) in [5.41, 5.74) is 5.49. The number of hydrogen-bond acceptors (Lipinski definition) is 3. The number of ether oxygens (including phenoxy) is 1. The number of carbonyl (C=O) groups is 1. The van der Waals surface area contributed by atoms with Gasteiger partial charge in [0.25, 0.3) is 0 Å². The van der Waals surface area contributed by atoms with Crippen LogP contribution in [0.15, 0.2) is 4.99 Å². The molecule has 0 radical (unpaired) electrons. The molecule has 0 aliphatic heterocycles. The van der Waals surface area contributed by atoms with E-state index >= 15 is 0 Å². The molecule has 0 amide bonds. The Kier molecular flexibility index (Phi) is 5.91. The largest absolute Gasteiger partial charge is 0.462 e. The van der Waals surface area contributed by atoms with E-state index in [-0.39, 0.29) is 29.0 Å². The van der Waals surface area contributed by atoms with Crippen molar-refractivity contribution in [1.29, 1.82) is 0 Å². The molecule has 0 saturated heterocycles. The van der Waals surface area contributed by atoms with E-state index in [1.807, 2.05) is 0 Å². The maximum absolute atomic E-state index is 11.7. The molecule has 1 aliphatic rings. The molecule has 4 nitrogen and oxygen atoms in total. The zero-order valence-corrected chi connectivity index (χ0v) is 12.8. The number of carbonyl (C=O) groups excluding carboxylic acids is 1. The highest BCUT2D eigenvalue weighted by Crippen LogP contribution is 2.42. The van der Waals surface area contributed by atoms with Gasteiger partial charge in [0.15, 0.2) is 5.11 Å². The fourth-order valence-electron chi connectivity index (χ4n) is 2.53. The van der Waals surface area contributed by atoms with Crippen LogP contribution >= 0.6 is 12.2 Å². The number of thiocarbonyl (C=S) groups is 1. The third-order valence-electron chi connectivity index (χ3n) is 4.14. The summed E-state index contributed by atoms with van der Waals surface area (Å²) < 4.78 is 5.50. The predicted octanol–water partition coefficient (Wildman–Crippen LogP) is 2.84. The van der Waals surface area contributed by atoms with Crippen molar-refractivity contribution < 1.29 is 9.53 Å². The van der Waals surface area contributed by atoms with Crippen molar-refractivity contribution in [2.24, 2.45) is 22.1 Å². The van der Waals surface area contributed by atoms with Crippen LogP contribution in [-0.4, -0.2) is 23.4 Å². The van der Waals surface area contributed by atoms with E-state index in [9.17, 15) is 4.79 Å². The van der Waals surface area contributed by atoms with Gasteiger partial charge in [0.1, 0.15) is 6.10 Å². The van der Waals surface area contributed by atoms with Crippen LogP contribution < -0.4 is 5.73 Å². The lowest BCUT2D eigenvalue weighted by molar-refractivity contribution is -0.151. The number of aliphatic imine (C=N–C) groups is 1. The second-order valence-corrected chi connectivity index (χ2v) is 6.29. The molecule has 108 valence electrons. The molecule has 1 fully saturated rings. The summed E-state index contributed by atoms with van der Waals surface area (Å²) in [4.78, 5) is 15.4. The Bertz CT molecular complexity index is 368. The highest BCUT2D eigenvalue weighted by atomic mass is 32.1. The van der Waals surface area contributed by atoms with Crippen LogP contribution in [0.1, 0.15) is 52.9 Å². The standard InChI is InChI=1S/C14H24N2O2S/c1-10(2)14(3)7-4-5-11(9-14)18-12(17)6-8-16-13(15)19/h8,10-11H,4-7,9H2,1-3H3,(H2,15,19)/t11-,14+/m0/s1. The smallest absolute Gasteiger partial charge is 0.311 e. The van der Waals surface area contributed by atoms with Crippen LogP contribution in [0.2, 0.25) is 0 Å². The second kappa shape index (κ2) is 6.98. The molecule has 0 heterocycles. The third kappa shape index (κ3) is 5.27. The van der Waals surface area contributed by atoms with Gasteiger partial charge in [-0.3, -0.25) is 4.79 Å². The van der Waals surface area contributed by atoms with Gasteiger partial charge in [-0.1, -0.05) is 20.8 Å². The first-order valence-electron chi connectivity index (χ1n) is 6.85. The highest BCUT2D eigenvalue weighted by Gasteiger charge is 2.36. The van der Waals surface area contributed by atoms with Crippen molar-refractivity contribution in [2.45, 2.75) is 59.0 Å². The van der Waals surface area contributed by atoms with Gasteiger partial charge in [-0.2, -0.15) is 0 Å². The normalized spacial score (nSPS) is 27.7. The molecule has 1 aliphatic carbocycles. The first-order valence-corrected chi connectivity index (χ1v) is 7.26. The average molecular weight is 284 g/mol. The van der Waals surface area contributed by atoms with E-state index in [2.05, 4.69) is 38.0 Å². The summed E-state index contributed by atoms with van der Waals surface area (Å²) in [6.07, 6.45) is 5.81. The number of esters is 1. The summed E-state index contributed by atoms with van der Waals surface area (Å²) in [7, 11) is 0. The molecule has 0 unspecified atom stereocenters. The van der Waals surface area contributed by atoms with Gasteiger partial charge in [0.05, 0.1) is 6.42 Å². The van der Waals surface area contributed by atoms with Gasteiger partial charge in [-0.05, 0) is 49.2 Å². The summed E-state index contributed by atoms with van der Waals surface area (Å²) in [5.74, 6) is 0.350. The lowest BCUT2D eigenvalue weighted by Gasteiger charge is -2.40. The van der Waals surface area contributed by atoms with Crippen molar-refractivity contribution in [3.8, 4) is 0 Å². The molecule has 0 bridgehead atoms. The zero-order valence-electron chi connectivity index (χ0n) is 12.0. The van der Waals surface area contributed by atoms with Crippen molar-refractivity contribution >= 4 is 29.5 Å². The molecule has 0 aromatic rings. The molecule has 2 N–H and O–H groups in total. The van der Waals surface area contributed by atoms with E-state index in [1.54, 1.807) is 0 Å². The maximum Gasteiger partial charge on any atom is 0.311 e. The number of rotatable bonds is 4. The van der Waals surface area contributed by atoms with Crippen LogP contribution in [-0.2, 0) is 9.53 Å². The minimum absolute atomic E-state index is 0.0341. The quantitative estimate of drug-likeness (QED) is 0.490. The van der Waals surface area contributed by atoms with E-state index in [1.165, 1.54) is 12.6 Å². The average Bonchev–Trinajstić information content (AvgIpc) is 2.28. The number of nitrogens with two attached hydrogens (primary N) is 1. The fraction of sp³-hybridized carbons (Fsp3) is 0.786. The molecule has 5 heteroatoms. The van der Waals surface area contributed by atoms with Gasteiger partial charge in [0, 0.05) is 6.21 Å². The minimum atomic E-state index is -0.252. The Morgan fingerprint density at radius 2 is 2.32 bits per heavy atom. The highest BCUT2D eigenvalue weighted by molar-refractivity contribution is 7.80. The Balaban J connectivity index is 2.44. The van der Waals surface area contributed by atoms with Crippen LogP contribution in [0, 0.1) is 11.3 Å². The summed E-state index contributed by atoms with van der Waals surface area (Å²) in [6.45, 7) is 6.75. The van der Waals surface area contributed by atoms with Crippen LogP contribution in [0.3, 0.4) is 0 Å². The molecule has 0 spiro atoms. The van der Waals surface area contributed by atoms with Crippen LogP contribution in [0.25, 0.3) is 0 Å². The Labute approximate surface area is 120 Å². The monoisotopic (exact) mass is 284 g/mol. The first kappa shape index (κ1) is 16.1. The molecule has 19 heavy (non-hydrogen) atoms. The lowest BCUT2D eigenvalue weighted by atomic mass is 9.67. The molecular formula is C14H24N2O2S. The third-order valence-corrected chi connectivity index (χ3v) is 4.24. The van der Waals surface area contributed by atoms with Crippen LogP contribution in [0.4, 0.5) is 0 Å².